The molecule has 0 saturated carbocycles. The van der Waals surface area contributed by atoms with Gasteiger partial charge in [-0.05, 0) is 35.7 Å². The van der Waals surface area contributed by atoms with Gasteiger partial charge < -0.3 is 15.0 Å². The smallest absolute Gasteiger partial charge is 0.243 e. The van der Waals surface area contributed by atoms with Crippen LogP contribution in [0.1, 0.15) is 19.3 Å². The van der Waals surface area contributed by atoms with Crippen LogP contribution in [0.2, 0.25) is 0 Å². The first-order valence-corrected chi connectivity index (χ1v) is 11.4. The fraction of sp³-hybridized carbons (Fsp3) is 0.400. The normalized spacial score (nSPS) is 16.5. The van der Waals surface area contributed by atoms with Gasteiger partial charge in [0.2, 0.25) is 11.9 Å². The van der Waals surface area contributed by atoms with Crippen molar-refractivity contribution in [3.05, 3.63) is 35.0 Å². The summed E-state index contributed by atoms with van der Waals surface area (Å²) in [7, 11) is 1.66. The monoisotopic (exact) mass is 429 g/mol. The predicted octanol–water partition coefficient (Wildman–Crippen LogP) is 3.77. The van der Waals surface area contributed by atoms with Crippen molar-refractivity contribution in [2.24, 2.45) is 0 Å². The van der Waals surface area contributed by atoms with E-state index in [-0.39, 0.29) is 11.9 Å². The van der Waals surface area contributed by atoms with Crippen LogP contribution >= 0.6 is 22.7 Å². The molecule has 1 aliphatic rings. The molecule has 4 heterocycles. The van der Waals surface area contributed by atoms with Gasteiger partial charge in [0.05, 0.1) is 16.4 Å². The van der Waals surface area contributed by atoms with Crippen LogP contribution < -0.4 is 5.32 Å². The highest BCUT2D eigenvalue weighted by Gasteiger charge is 2.30. The number of ether oxygens (including phenoxy) is 1. The maximum absolute atomic E-state index is 12.1. The lowest BCUT2D eigenvalue weighted by atomic mass is 10.1. The molecule has 0 bridgehead atoms. The number of thiophene rings is 2. The molecule has 7 nitrogen and oxygen atoms in total. The Morgan fingerprint density at radius 3 is 2.62 bits per heavy atom. The van der Waals surface area contributed by atoms with E-state index in [1.165, 1.54) is 0 Å². The Morgan fingerprint density at radius 2 is 1.93 bits per heavy atom. The number of amides is 1. The summed E-state index contributed by atoms with van der Waals surface area (Å²) >= 11 is 3.27. The first kappa shape index (κ1) is 19.9. The highest BCUT2D eigenvalue weighted by Crippen LogP contribution is 2.34. The van der Waals surface area contributed by atoms with Gasteiger partial charge in [0.1, 0.15) is 11.4 Å². The molecule has 1 amide bonds. The van der Waals surface area contributed by atoms with Gasteiger partial charge in [-0.25, -0.2) is 4.98 Å². The van der Waals surface area contributed by atoms with Crippen LogP contribution in [0.5, 0.6) is 0 Å². The molecule has 9 heteroatoms. The van der Waals surface area contributed by atoms with Crippen LogP contribution in [0, 0.1) is 0 Å². The van der Waals surface area contributed by atoms with Crippen LogP contribution in [-0.2, 0) is 9.53 Å². The van der Waals surface area contributed by atoms with Crippen molar-refractivity contribution in [1.82, 2.24) is 20.1 Å². The summed E-state index contributed by atoms with van der Waals surface area (Å²) in [5.74, 6) is 0.728. The van der Waals surface area contributed by atoms with Gasteiger partial charge in [-0.15, -0.1) is 32.9 Å². The van der Waals surface area contributed by atoms with Gasteiger partial charge in [0.15, 0.2) is 0 Å². The molecular weight excluding hydrogens is 406 g/mol. The number of aromatic nitrogens is 3. The molecule has 0 radical (unpaired) electrons. The number of carbonyl (C=O) groups excluding carboxylic acids is 1. The van der Waals surface area contributed by atoms with Gasteiger partial charge in [-0.3, -0.25) is 4.79 Å². The largest absolute Gasteiger partial charge is 0.383 e. The van der Waals surface area contributed by atoms with Crippen LogP contribution in [0.15, 0.2) is 35.0 Å². The summed E-state index contributed by atoms with van der Waals surface area (Å²) in [6, 6.07) is 8.34. The molecule has 1 atom stereocenters. The minimum Gasteiger partial charge on any atom is -0.383 e. The number of nitrogens with one attached hydrogen (secondary N) is 1. The van der Waals surface area contributed by atoms with Crippen molar-refractivity contribution in [3.63, 3.8) is 0 Å². The number of nitrogens with zero attached hydrogens (tertiary/aromatic N) is 4. The second-order valence-electron chi connectivity index (χ2n) is 6.78. The van der Waals surface area contributed by atoms with Crippen LogP contribution in [-0.4, -0.2) is 58.8 Å². The lowest BCUT2D eigenvalue weighted by molar-refractivity contribution is -0.129. The molecule has 1 fully saturated rings. The van der Waals surface area contributed by atoms with E-state index in [1.807, 2.05) is 39.9 Å². The minimum atomic E-state index is 0.213. The molecule has 3 aromatic heterocycles. The van der Waals surface area contributed by atoms with Crippen molar-refractivity contribution in [3.8, 4) is 21.1 Å². The number of anilines is 1. The molecule has 1 saturated heterocycles. The first-order valence-electron chi connectivity index (χ1n) is 9.61. The van der Waals surface area contributed by atoms with Crippen molar-refractivity contribution in [2.75, 3.05) is 32.1 Å². The molecule has 0 spiro atoms. The number of carbonyl (C=O) groups is 1. The second-order valence-corrected chi connectivity index (χ2v) is 8.67. The van der Waals surface area contributed by atoms with E-state index in [0.717, 1.165) is 34.0 Å². The summed E-state index contributed by atoms with van der Waals surface area (Å²) in [6.45, 7) is 1.90. The molecule has 1 aliphatic heterocycles. The van der Waals surface area contributed by atoms with Crippen molar-refractivity contribution >= 4 is 34.5 Å². The van der Waals surface area contributed by atoms with E-state index in [4.69, 9.17) is 9.72 Å². The van der Waals surface area contributed by atoms with E-state index in [1.54, 1.807) is 29.8 Å². The first-order chi connectivity index (χ1) is 14.3. The number of hydrogen-bond donors (Lipinski definition) is 1. The van der Waals surface area contributed by atoms with E-state index in [9.17, 15) is 4.79 Å². The maximum Gasteiger partial charge on any atom is 0.243 e. The van der Waals surface area contributed by atoms with Crippen LogP contribution in [0.25, 0.3) is 21.1 Å². The van der Waals surface area contributed by atoms with E-state index in [2.05, 4.69) is 15.5 Å². The summed E-state index contributed by atoms with van der Waals surface area (Å²) < 4.78 is 5.13. The Hall–Kier alpha value is -2.36. The number of hydrogen-bond acceptors (Lipinski definition) is 8. The maximum atomic E-state index is 12.1. The Morgan fingerprint density at radius 1 is 1.17 bits per heavy atom. The number of likely N-dealkylation sites (tertiary alicyclic amines) is 1. The topological polar surface area (TPSA) is 80.2 Å². The van der Waals surface area contributed by atoms with Crippen molar-refractivity contribution in [1.29, 1.82) is 0 Å². The standard InChI is InChI=1S/C20H23N5O2S2/c1-27-11-10-25-14(6-7-17(25)26)8-9-21-20-22-18(15-4-2-12-28-15)19(23-24-20)16-5-3-13-29-16/h2-5,12-14H,6-11H2,1H3,(H,21,22,24). The Labute approximate surface area is 177 Å². The average molecular weight is 430 g/mol. The lowest BCUT2D eigenvalue weighted by Crippen LogP contribution is -2.36. The zero-order chi connectivity index (χ0) is 20.1. The highest BCUT2D eigenvalue weighted by molar-refractivity contribution is 7.14. The molecule has 1 N–H and O–H groups in total. The summed E-state index contributed by atoms with van der Waals surface area (Å²) in [5, 5.41) is 16.1. The molecule has 4 rings (SSSR count). The summed E-state index contributed by atoms with van der Waals surface area (Å²) in [4.78, 5) is 20.9. The number of methoxy groups -OCH3 is 1. The van der Waals surface area contributed by atoms with E-state index in [0.29, 0.717) is 32.1 Å². The Bertz CT molecular complexity index is 931. The minimum absolute atomic E-state index is 0.213. The van der Waals surface area contributed by atoms with Crippen molar-refractivity contribution in [2.45, 2.75) is 25.3 Å². The lowest BCUT2D eigenvalue weighted by Gasteiger charge is -2.24. The summed E-state index contributed by atoms with van der Waals surface area (Å²) in [6.07, 6.45) is 2.35. The molecule has 29 heavy (non-hydrogen) atoms. The van der Waals surface area contributed by atoms with Gasteiger partial charge in [0, 0.05) is 32.7 Å². The van der Waals surface area contributed by atoms with E-state index >= 15 is 0 Å². The van der Waals surface area contributed by atoms with Crippen molar-refractivity contribution < 1.29 is 9.53 Å². The van der Waals surface area contributed by atoms with Crippen LogP contribution in [0.3, 0.4) is 0 Å². The summed E-state index contributed by atoms with van der Waals surface area (Å²) in [5.41, 5.74) is 1.65. The van der Waals surface area contributed by atoms with Gasteiger partial charge in [-0.1, -0.05) is 12.1 Å². The van der Waals surface area contributed by atoms with Gasteiger partial charge >= 0.3 is 0 Å². The molecule has 1 unspecified atom stereocenters. The highest BCUT2D eigenvalue weighted by atomic mass is 32.1. The average Bonchev–Trinajstić information content (AvgIpc) is 3.50. The molecule has 0 aromatic carbocycles. The molecule has 3 aromatic rings. The predicted molar refractivity (Wildman–Crippen MR) is 116 cm³/mol. The van der Waals surface area contributed by atoms with Crippen LogP contribution in [0.4, 0.5) is 5.95 Å². The zero-order valence-electron chi connectivity index (χ0n) is 16.2. The molecule has 0 aliphatic carbocycles. The Balaban J connectivity index is 1.44. The fourth-order valence-corrected chi connectivity index (χ4v) is 4.93. The van der Waals surface area contributed by atoms with E-state index < -0.39 is 0 Å². The third kappa shape index (κ3) is 4.63. The number of rotatable bonds is 9. The molecule has 152 valence electrons. The third-order valence-corrected chi connectivity index (χ3v) is 6.70. The Kier molecular flexibility index (Phi) is 6.48. The van der Waals surface area contributed by atoms with Gasteiger partial charge in [-0.2, -0.15) is 0 Å². The fourth-order valence-electron chi connectivity index (χ4n) is 3.51. The molecular formula is C20H23N5O2S2. The second kappa shape index (κ2) is 9.43. The van der Waals surface area contributed by atoms with Gasteiger partial charge in [0.25, 0.3) is 0 Å². The quantitative estimate of drug-likeness (QED) is 0.558. The third-order valence-electron chi connectivity index (χ3n) is 4.95. The SMILES string of the molecule is COCCN1C(=O)CCC1CCNc1nnc(-c2cccs2)c(-c2cccs2)n1. The zero-order valence-corrected chi connectivity index (χ0v) is 17.8.